The van der Waals surface area contributed by atoms with Gasteiger partial charge >= 0.3 is 0 Å². The molecular weight excluding hydrogens is 191 g/mol. The van der Waals surface area contributed by atoms with Gasteiger partial charge in [0.25, 0.3) is 0 Å². The predicted molar refractivity (Wildman–Crippen MR) is 47.0 cm³/mol. The predicted octanol–water partition coefficient (Wildman–Crippen LogP) is 1.64. The summed E-state index contributed by atoms with van der Waals surface area (Å²) in [5.74, 6) is 0.631. The van der Waals surface area contributed by atoms with Crippen LogP contribution < -0.4 is 5.73 Å². The number of hydrogen-bond donors (Lipinski definition) is 1. The van der Waals surface area contributed by atoms with Gasteiger partial charge in [-0.15, -0.1) is 6.20 Å². The van der Waals surface area contributed by atoms with E-state index in [1.54, 1.807) is 6.21 Å². The average molecular weight is 204 g/mol. The van der Waals surface area contributed by atoms with Gasteiger partial charge < -0.3 is 10.7 Å². The molecule has 0 aliphatic carbocycles. The summed E-state index contributed by atoms with van der Waals surface area (Å²) in [4.78, 5) is 4.16. The van der Waals surface area contributed by atoms with Crippen LogP contribution in [0.15, 0.2) is 22.5 Å². The molecule has 1 radical (unpaired) electrons. The van der Waals surface area contributed by atoms with E-state index in [4.69, 9.17) is 5.73 Å². The second-order valence-electron chi connectivity index (χ2n) is 3.05. The molecule has 2 N–H and O–H groups in total. The van der Waals surface area contributed by atoms with Crippen LogP contribution >= 0.6 is 0 Å². The van der Waals surface area contributed by atoms with Crippen molar-refractivity contribution in [1.29, 1.82) is 0 Å². The Bertz CT molecular complexity index is 227. The van der Waals surface area contributed by atoms with Crippen molar-refractivity contribution in [2.45, 2.75) is 20.3 Å². The van der Waals surface area contributed by atoms with E-state index in [0.717, 1.165) is 17.7 Å². The number of nitrogens with zero attached hydrogens (tertiary/aromatic N) is 1. The zero-order valence-corrected chi connectivity index (χ0v) is 8.52. The van der Waals surface area contributed by atoms with Crippen molar-refractivity contribution in [3.63, 3.8) is 0 Å². The minimum absolute atomic E-state index is 0. The van der Waals surface area contributed by atoms with Crippen LogP contribution in [0.5, 0.6) is 0 Å². The number of hydrogen-bond acceptors (Lipinski definition) is 2. The molecule has 0 aromatic heterocycles. The van der Waals surface area contributed by atoms with Crippen LogP contribution in [0.3, 0.4) is 0 Å². The molecule has 0 spiro atoms. The van der Waals surface area contributed by atoms with Gasteiger partial charge in [-0.1, -0.05) is 20.1 Å². The minimum Gasteiger partial charge on any atom is -0.455 e. The molecule has 0 atom stereocenters. The fraction of sp³-hybridized carbons (Fsp3) is 0.444. The molecule has 1 aliphatic heterocycles. The third kappa shape index (κ3) is 3.24. The maximum atomic E-state index is 5.30. The Balaban J connectivity index is 0.00000121. The van der Waals surface area contributed by atoms with Crippen molar-refractivity contribution in [3.8, 4) is 0 Å². The summed E-state index contributed by atoms with van der Waals surface area (Å²) in [6.45, 7) is 4.32. The smallest absolute Gasteiger partial charge is 0 e. The Morgan fingerprint density at radius 3 is 2.75 bits per heavy atom. The normalized spacial score (nSPS) is 18.2. The molecule has 0 saturated carbocycles. The molecule has 12 heavy (non-hydrogen) atoms. The fourth-order valence-electron chi connectivity index (χ4n) is 0.954. The van der Waals surface area contributed by atoms with E-state index >= 15 is 0 Å². The molecule has 0 aromatic rings. The van der Waals surface area contributed by atoms with Gasteiger partial charge in [0.15, 0.2) is 0 Å². The maximum absolute atomic E-state index is 5.30. The minimum atomic E-state index is 0. The van der Waals surface area contributed by atoms with Gasteiger partial charge in [0.2, 0.25) is 0 Å². The maximum Gasteiger partial charge on any atom is 0 e. The number of allylic oxidation sites excluding steroid dienone is 3. The zero-order valence-electron chi connectivity index (χ0n) is 7.34. The summed E-state index contributed by atoms with van der Waals surface area (Å²) in [5, 5.41) is 0. The van der Waals surface area contributed by atoms with Crippen LogP contribution in [0, 0.1) is 12.0 Å². The van der Waals surface area contributed by atoms with Crippen LogP contribution in [0.4, 0.5) is 0 Å². The molecule has 0 fully saturated rings. The summed E-state index contributed by atoms with van der Waals surface area (Å²) in [5.41, 5.74) is 7.20. The van der Waals surface area contributed by atoms with Gasteiger partial charge in [-0.25, -0.2) is 0 Å². The molecule has 0 unspecified atom stereocenters. The van der Waals surface area contributed by atoms with Gasteiger partial charge in [-0.3, -0.25) is 0 Å². The van der Waals surface area contributed by atoms with Crippen molar-refractivity contribution in [2.75, 3.05) is 0 Å². The molecule has 2 nitrogen and oxygen atoms in total. The fourth-order valence-corrected chi connectivity index (χ4v) is 0.954. The largest absolute Gasteiger partial charge is 0.455 e. The Labute approximate surface area is 84.1 Å². The summed E-state index contributed by atoms with van der Waals surface area (Å²) in [6.07, 6.45) is 7.35. The zero-order chi connectivity index (χ0) is 8.27. The van der Waals surface area contributed by atoms with E-state index in [1.807, 2.05) is 0 Å². The second-order valence-corrected chi connectivity index (χ2v) is 3.05. The van der Waals surface area contributed by atoms with E-state index in [9.17, 15) is 0 Å². The first-order valence-electron chi connectivity index (χ1n) is 3.81. The molecule has 3 heteroatoms. The standard InChI is InChI=1S/C9H13N2.Mn/c1-7(2)3-9-4-8(5-10)6-11-9;/h5-7H,3,10H2,1-2H3;/q-1;. The second kappa shape index (κ2) is 5.17. The van der Waals surface area contributed by atoms with E-state index in [2.05, 4.69) is 24.9 Å². The van der Waals surface area contributed by atoms with Crippen molar-refractivity contribution in [1.82, 2.24) is 0 Å². The summed E-state index contributed by atoms with van der Waals surface area (Å²) >= 11 is 0. The quantitative estimate of drug-likeness (QED) is 0.539. The van der Waals surface area contributed by atoms with Gasteiger partial charge in [0.05, 0.1) is 0 Å². The first kappa shape index (κ1) is 11.5. The number of nitrogens with two attached hydrogens (primary N) is 1. The van der Waals surface area contributed by atoms with Gasteiger partial charge in [-0.2, -0.15) is 11.6 Å². The third-order valence-corrected chi connectivity index (χ3v) is 1.43. The van der Waals surface area contributed by atoms with Crippen molar-refractivity contribution < 1.29 is 17.1 Å². The Hall–Kier alpha value is -0.531. The SMILES string of the molecule is CC(C)CC1=[C-]C(=CN)C=N1.[Mn]. The van der Waals surface area contributed by atoms with Crippen LogP contribution in [0.1, 0.15) is 20.3 Å². The number of aliphatic imine (C=N–C) groups is 1. The summed E-state index contributed by atoms with van der Waals surface area (Å²) in [6, 6.07) is 0. The van der Waals surface area contributed by atoms with E-state index in [1.165, 1.54) is 6.20 Å². The average Bonchev–Trinajstić information content (AvgIpc) is 2.34. The summed E-state index contributed by atoms with van der Waals surface area (Å²) < 4.78 is 0. The Morgan fingerprint density at radius 2 is 2.33 bits per heavy atom. The van der Waals surface area contributed by atoms with Crippen molar-refractivity contribution >= 4 is 6.21 Å². The molecular formula is C9H13MnN2-. The Kier molecular flexibility index (Phi) is 4.95. The molecule has 0 amide bonds. The molecule has 67 valence electrons. The first-order chi connectivity index (χ1) is 5.22. The van der Waals surface area contributed by atoms with Gasteiger partial charge in [0.1, 0.15) is 0 Å². The van der Waals surface area contributed by atoms with E-state index < -0.39 is 0 Å². The molecule has 1 rings (SSSR count). The first-order valence-corrected chi connectivity index (χ1v) is 3.81. The van der Waals surface area contributed by atoms with Crippen LogP contribution in [-0.2, 0) is 17.1 Å². The monoisotopic (exact) mass is 204 g/mol. The molecule has 0 bridgehead atoms. The third-order valence-electron chi connectivity index (χ3n) is 1.43. The van der Waals surface area contributed by atoms with Crippen LogP contribution in [0.2, 0.25) is 0 Å². The molecule has 1 heterocycles. The van der Waals surface area contributed by atoms with Gasteiger partial charge in [-0.05, 0) is 18.0 Å². The molecule has 0 aromatic carbocycles. The summed E-state index contributed by atoms with van der Waals surface area (Å²) in [7, 11) is 0. The van der Waals surface area contributed by atoms with Gasteiger partial charge in [0, 0.05) is 17.1 Å². The van der Waals surface area contributed by atoms with Crippen LogP contribution in [0.25, 0.3) is 0 Å². The topological polar surface area (TPSA) is 38.4 Å². The Morgan fingerprint density at radius 1 is 1.67 bits per heavy atom. The van der Waals surface area contributed by atoms with Crippen molar-refractivity contribution in [3.05, 3.63) is 23.5 Å². The molecule has 0 saturated heterocycles. The number of rotatable bonds is 2. The van der Waals surface area contributed by atoms with Crippen LogP contribution in [-0.4, -0.2) is 6.21 Å². The van der Waals surface area contributed by atoms with E-state index in [-0.39, 0.29) is 17.1 Å². The molecule has 1 aliphatic rings. The van der Waals surface area contributed by atoms with Crippen molar-refractivity contribution in [2.24, 2.45) is 16.6 Å². The van der Waals surface area contributed by atoms with E-state index in [0.29, 0.717) is 5.92 Å².